The molecule has 4 aromatic rings. The number of nitrogens with zero attached hydrogens (tertiary/aromatic N) is 3. The van der Waals surface area contributed by atoms with Gasteiger partial charge < -0.3 is 5.11 Å². The molecule has 0 spiro atoms. The quantitative estimate of drug-likeness (QED) is 0.475. The summed E-state index contributed by atoms with van der Waals surface area (Å²) in [6.07, 6.45) is -3.33. The minimum absolute atomic E-state index is 0.0336. The maximum Gasteiger partial charge on any atom is 0.418 e. The van der Waals surface area contributed by atoms with Gasteiger partial charge in [0.1, 0.15) is 22.1 Å². The van der Waals surface area contributed by atoms with Gasteiger partial charge in [-0.15, -0.1) is 11.3 Å². The van der Waals surface area contributed by atoms with Crippen LogP contribution in [0.5, 0.6) is 5.75 Å². The number of thiophene rings is 1. The van der Waals surface area contributed by atoms with Gasteiger partial charge in [-0.05, 0) is 30.2 Å². The molecule has 0 unspecified atom stereocenters. The minimum atomic E-state index is -4.73. The average molecular weight is 435 g/mol. The monoisotopic (exact) mass is 435 g/mol. The lowest BCUT2D eigenvalue weighted by Gasteiger charge is -2.14. The molecule has 0 radical (unpaired) electrons. The third-order valence-corrected chi connectivity index (χ3v) is 5.43. The standard InChI is InChI=1S/C20H13F4N3O2S/c21-13-5-2-1-4-11(13)7-9-27-17(16-14(28)6-3-8-25-16)26-18-15(19(27)29)12(10-30-18)20(22,23)24/h1-6,8,10,28H,7,9H2. The summed E-state index contributed by atoms with van der Waals surface area (Å²) in [6.45, 7) is -0.152. The Kier molecular flexibility index (Phi) is 5.02. The molecule has 5 nitrogen and oxygen atoms in total. The van der Waals surface area contributed by atoms with Crippen LogP contribution in [0.15, 0.2) is 52.8 Å². The second-order valence-electron chi connectivity index (χ2n) is 6.43. The summed E-state index contributed by atoms with van der Waals surface area (Å²) in [5.41, 5.74) is -1.75. The molecule has 1 N–H and O–H groups in total. The van der Waals surface area contributed by atoms with Gasteiger partial charge in [-0.3, -0.25) is 9.36 Å². The number of alkyl halides is 3. The van der Waals surface area contributed by atoms with Crippen LogP contribution in [-0.2, 0) is 19.1 Å². The minimum Gasteiger partial charge on any atom is -0.506 e. The molecular formula is C20H13F4N3O2S. The van der Waals surface area contributed by atoms with Crippen molar-refractivity contribution in [2.24, 2.45) is 0 Å². The predicted octanol–water partition coefficient (Wildman–Crippen LogP) is 4.63. The Labute approximate surface area is 170 Å². The SMILES string of the molecule is O=c1c2c(C(F)(F)F)csc2nc(-c2ncccc2O)n1CCc1ccccc1F. The largest absolute Gasteiger partial charge is 0.506 e. The van der Waals surface area contributed by atoms with Crippen LogP contribution in [0.1, 0.15) is 11.1 Å². The smallest absolute Gasteiger partial charge is 0.418 e. The Bertz CT molecular complexity index is 1300. The number of aromatic hydroxyl groups is 1. The summed E-state index contributed by atoms with van der Waals surface area (Å²) in [7, 11) is 0. The molecule has 0 aliphatic carbocycles. The Hall–Kier alpha value is -3.27. The molecule has 0 bridgehead atoms. The highest BCUT2D eigenvalue weighted by atomic mass is 32.1. The first-order valence-electron chi connectivity index (χ1n) is 8.74. The van der Waals surface area contributed by atoms with Gasteiger partial charge in [-0.25, -0.2) is 14.4 Å². The number of rotatable bonds is 4. The van der Waals surface area contributed by atoms with E-state index in [1.807, 2.05) is 0 Å². The molecule has 30 heavy (non-hydrogen) atoms. The van der Waals surface area contributed by atoms with Crippen molar-refractivity contribution in [3.8, 4) is 17.3 Å². The fourth-order valence-corrected chi connectivity index (χ4v) is 4.06. The number of pyridine rings is 1. The van der Waals surface area contributed by atoms with Crippen LogP contribution in [0.25, 0.3) is 21.7 Å². The zero-order valence-electron chi connectivity index (χ0n) is 15.2. The molecular weight excluding hydrogens is 422 g/mol. The van der Waals surface area contributed by atoms with E-state index in [0.717, 1.165) is 9.95 Å². The summed E-state index contributed by atoms with van der Waals surface area (Å²) < 4.78 is 55.1. The first-order chi connectivity index (χ1) is 14.3. The summed E-state index contributed by atoms with van der Waals surface area (Å²) in [6, 6.07) is 8.70. The number of hydrogen-bond donors (Lipinski definition) is 1. The zero-order valence-corrected chi connectivity index (χ0v) is 16.0. The van der Waals surface area contributed by atoms with Gasteiger partial charge in [-0.1, -0.05) is 18.2 Å². The van der Waals surface area contributed by atoms with Crippen LogP contribution in [0, 0.1) is 5.82 Å². The molecule has 10 heteroatoms. The molecule has 3 aromatic heterocycles. The van der Waals surface area contributed by atoms with Crippen molar-refractivity contribution in [3.63, 3.8) is 0 Å². The first-order valence-corrected chi connectivity index (χ1v) is 9.62. The molecule has 3 heterocycles. The van der Waals surface area contributed by atoms with E-state index in [9.17, 15) is 27.5 Å². The topological polar surface area (TPSA) is 68.0 Å². The van der Waals surface area contributed by atoms with Crippen molar-refractivity contribution >= 4 is 21.6 Å². The lowest BCUT2D eigenvalue weighted by Crippen LogP contribution is -2.26. The van der Waals surface area contributed by atoms with Crippen LogP contribution in [-0.4, -0.2) is 19.6 Å². The van der Waals surface area contributed by atoms with Gasteiger partial charge in [-0.2, -0.15) is 13.2 Å². The second kappa shape index (κ2) is 7.52. The van der Waals surface area contributed by atoms with E-state index in [0.29, 0.717) is 16.9 Å². The van der Waals surface area contributed by atoms with Crippen molar-refractivity contribution < 1.29 is 22.7 Å². The van der Waals surface area contributed by atoms with Crippen LogP contribution in [0.3, 0.4) is 0 Å². The molecule has 0 atom stereocenters. The molecule has 154 valence electrons. The number of fused-ring (bicyclic) bond motifs is 1. The van der Waals surface area contributed by atoms with Crippen molar-refractivity contribution in [2.75, 3.05) is 0 Å². The van der Waals surface area contributed by atoms with Crippen LogP contribution >= 0.6 is 11.3 Å². The lowest BCUT2D eigenvalue weighted by molar-refractivity contribution is -0.136. The predicted molar refractivity (Wildman–Crippen MR) is 104 cm³/mol. The normalized spacial score (nSPS) is 11.9. The van der Waals surface area contributed by atoms with Gasteiger partial charge in [0, 0.05) is 18.1 Å². The highest BCUT2D eigenvalue weighted by Crippen LogP contribution is 2.37. The fourth-order valence-electron chi connectivity index (χ4n) is 3.12. The molecule has 0 aliphatic rings. The third kappa shape index (κ3) is 3.54. The van der Waals surface area contributed by atoms with E-state index < -0.39 is 28.5 Å². The van der Waals surface area contributed by atoms with Gasteiger partial charge in [0.05, 0.1) is 10.9 Å². The molecule has 0 saturated heterocycles. The number of halogens is 4. The van der Waals surface area contributed by atoms with E-state index in [1.54, 1.807) is 6.07 Å². The number of aryl methyl sites for hydroxylation is 1. The highest BCUT2D eigenvalue weighted by molar-refractivity contribution is 7.16. The second-order valence-corrected chi connectivity index (χ2v) is 7.29. The maximum absolute atomic E-state index is 14.0. The van der Waals surface area contributed by atoms with Crippen molar-refractivity contribution in [3.05, 3.63) is 75.3 Å². The van der Waals surface area contributed by atoms with E-state index in [4.69, 9.17) is 0 Å². The third-order valence-electron chi connectivity index (χ3n) is 4.56. The van der Waals surface area contributed by atoms with E-state index in [1.165, 1.54) is 36.5 Å². The van der Waals surface area contributed by atoms with E-state index >= 15 is 0 Å². The molecule has 0 fully saturated rings. The Balaban J connectivity index is 1.93. The Morgan fingerprint density at radius 1 is 1.13 bits per heavy atom. The summed E-state index contributed by atoms with van der Waals surface area (Å²) in [5.74, 6) is -0.859. The number of benzene rings is 1. The first kappa shape index (κ1) is 20.0. The molecule has 0 aliphatic heterocycles. The lowest BCUT2D eigenvalue weighted by atomic mass is 10.1. The highest BCUT2D eigenvalue weighted by Gasteiger charge is 2.36. The summed E-state index contributed by atoms with van der Waals surface area (Å²) in [4.78, 5) is 21.2. The van der Waals surface area contributed by atoms with Gasteiger partial charge in [0.25, 0.3) is 5.56 Å². The average Bonchev–Trinajstić information content (AvgIpc) is 3.14. The molecule has 4 rings (SSSR count). The molecule has 1 aromatic carbocycles. The van der Waals surface area contributed by atoms with Gasteiger partial charge in [0.15, 0.2) is 5.82 Å². The maximum atomic E-state index is 14.0. The number of aromatic nitrogens is 3. The Morgan fingerprint density at radius 3 is 2.60 bits per heavy atom. The van der Waals surface area contributed by atoms with Gasteiger partial charge >= 0.3 is 6.18 Å². The summed E-state index contributed by atoms with van der Waals surface area (Å²) >= 11 is 0.681. The fraction of sp³-hybridized carbons (Fsp3) is 0.150. The van der Waals surface area contributed by atoms with Crippen LogP contribution in [0.4, 0.5) is 17.6 Å². The molecule has 0 amide bonds. The van der Waals surface area contributed by atoms with E-state index in [2.05, 4.69) is 9.97 Å². The van der Waals surface area contributed by atoms with E-state index in [-0.39, 0.29) is 35.1 Å². The Morgan fingerprint density at radius 2 is 1.90 bits per heavy atom. The van der Waals surface area contributed by atoms with Crippen LogP contribution in [0.2, 0.25) is 0 Å². The van der Waals surface area contributed by atoms with Crippen molar-refractivity contribution in [1.29, 1.82) is 0 Å². The van der Waals surface area contributed by atoms with Crippen molar-refractivity contribution in [1.82, 2.24) is 14.5 Å². The molecule has 0 saturated carbocycles. The number of hydrogen-bond acceptors (Lipinski definition) is 5. The van der Waals surface area contributed by atoms with Gasteiger partial charge in [0.2, 0.25) is 0 Å². The summed E-state index contributed by atoms with van der Waals surface area (Å²) in [5, 5.41) is 10.4. The zero-order chi connectivity index (χ0) is 21.5. The van der Waals surface area contributed by atoms with Crippen LogP contribution < -0.4 is 5.56 Å². The van der Waals surface area contributed by atoms with Crippen molar-refractivity contribution in [2.45, 2.75) is 19.1 Å².